The van der Waals surface area contributed by atoms with Crippen LogP contribution in [-0.4, -0.2) is 66.0 Å². The van der Waals surface area contributed by atoms with Gasteiger partial charge in [-0.25, -0.2) is 0 Å². The summed E-state index contributed by atoms with van der Waals surface area (Å²) in [4.78, 5) is 15.9. The first kappa shape index (κ1) is 25.6. The molecule has 0 radical (unpaired) electrons. The smallest absolute Gasteiger partial charge is 0.251 e. The molecule has 0 spiro atoms. The van der Waals surface area contributed by atoms with Crippen molar-refractivity contribution in [3.05, 3.63) is 35.4 Å². The minimum atomic E-state index is -0.0662. The van der Waals surface area contributed by atoms with E-state index in [1.807, 2.05) is 24.3 Å². The number of nitrogens with zero attached hydrogens (tertiary/aromatic N) is 1. The standard InChI is InChI=1S/C19H32N4O3.HI/c1-20-18(24)17-8-6-7-16(15-17)9-11-23-19(21-2)22-10-4-5-12-26-14-13-25-3;/h6-8,15H,4-5,9-14H2,1-3H3,(H,20,24)(H2,21,22,23);1H. The number of hydrogen-bond acceptors (Lipinski definition) is 4. The molecule has 0 aliphatic rings. The third-order valence-electron chi connectivity index (χ3n) is 3.79. The second-order valence-corrected chi connectivity index (χ2v) is 5.77. The lowest BCUT2D eigenvalue weighted by Crippen LogP contribution is -2.38. The number of methoxy groups -OCH3 is 1. The number of nitrogens with one attached hydrogen (secondary N) is 3. The summed E-state index contributed by atoms with van der Waals surface area (Å²) in [6.45, 7) is 3.63. The zero-order chi connectivity index (χ0) is 19.0. The fourth-order valence-corrected chi connectivity index (χ4v) is 2.34. The van der Waals surface area contributed by atoms with Crippen molar-refractivity contribution in [1.29, 1.82) is 0 Å². The molecule has 0 aliphatic heterocycles. The monoisotopic (exact) mass is 492 g/mol. The molecule has 0 fully saturated rings. The number of carbonyl (C=O) groups is 1. The van der Waals surface area contributed by atoms with E-state index in [1.54, 1.807) is 21.2 Å². The van der Waals surface area contributed by atoms with Crippen molar-refractivity contribution in [2.45, 2.75) is 19.3 Å². The molecule has 1 aromatic carbocycles. The molecule has 8 heteroatoms. The summed E-state index contributed by atoms with van der Waals surface area (Å²) >= 11 is 0. The van der Waals surface area contributed by atoms with Crippen LogP contribution in [0.3, 0.4) is 0 Å². The van der Waals surface area contributed by atoms with Crippen molar-refractivity contribution in [2.75, 3.05) is 54.1 Å². The van der Waals surface area contributed by atoms with E-state index < -0.39 is 0 Å². The van der Waals surface area contributed by atoms with Crippen LogP contribution in [0, 0.1) is 0 Å². The highest BCUT2D eigenvalue weighted by Gasteiger charge is 2.04. The van der Waals surface area contributed by atoms with Gasteiger partial charge in [0.15, 0.2) is 5.96 Å². The van der Waals surface area contributed by atoms with Gasteiger partial charge in [-0.05, 0) is 37.0 Å². The lowest BCUT2D eigenvalue weighted by Gasteiger charge is -2.12. The van der Waals surface area contributed by atoms with E-state index in [2.05, 4.69) is 20.9 Å². The molecule has 0 atom stereocenters. The van der Waals surface area contributed by atoms with Crippen LogP contribution in [0.2, 0.25) is 0 Å². The number of halogens is 1. The summed E-state index contributed by atoms with van der Waals surface area (Å²) in [5.74, 6) is 0.719. The highest BCUT2D eigenvalue weighted by Crippen LogP contribution is 2.05. The zero-order valence-corrected chi connectivity index (χ0v) is 18.9. The molecule has 0 bridgehead atoms. The highest BCUT2D eigenvalue weighted by molar-refractivity contribution is 14.0. The quantitative estimate of drug-likeness (QED) is 0.180. The number of ether oxygens (including phenoxy) is 2. The molecule has 0 saturated heterocycles. The summed E-state index contributed by atoms with van der Waals surface area (Å²) in [5, 5.41) is 9.22. The molecular formula is C19H33IN4O3. The van der Waals surface area contributed by atoms with Gasteiger partial charge >= 0.3 is 0 Å². The third kappa shape index (κ3) is 11.8. The van der Waals surface area contributed by atoms with Crippen LogP contribution in [0.5, 0.6) is 0 Å². The molecule has 0 unspecified atom stereocenters. The average molecular weight is 492 g/mol. The molecule has 1 aromatic rings. The van der Waals surface area contributed by atoms with Crippen LogP contribution in [0.15, 0.2) is 29.3 Å². The Morgan fingerprint density at radius 2 is 1.89 bits per heavy atom. The first-order chi connectivity index (χ1) is 12.7. The maximum Gasteiger partial charge on any atom is 0.251 e. The van der Waals surface area contributed by atoms with Crippen molar-refractivity contribution < 1.29 is 14.3 Å². The molecule has 154 valence electrons. The predicted octanol–water partition coefficient (Wildman–Crippen LogP) is 1.81. The van der Waals surface area contributed by atoms with Gasteiger partial charge in [-0.3, -0.25) is 9.79 Å². The molecule has 0 aliphatic carbocycles. The molecular weight excluding hydrogens is 459 g/mol. The van der Waals surface area contributed by atoms with Crippen LogP contribution in [0.4, 0.5) is 0 Å². The van der Waals surface area contributed by atoms with Crippen LogP contribution in [-0.2, 0) is 15.9 Å². The molecule has 7 nitrogen and oxygen atoms in total. The van der Waals surface area contributed by atoms with E-state index in [0.717, 1.165) is 50.5 Å². The third-order valence-corrected chi connectivity index (χ3v) is 3.79. The van der Waals surface area contributed by atoms with Gasteiger partial charge in [0, 0.05) is 46.5 Å². The van der Waals surface area contributed by atoms with Crippen LogP contribution in [0.1, 0.15) is 28.8 Å². The molecule has 1 rings (SSSR count). The van der Waals surface area contributed by atoms with E-state index >= 15 is 0 Å². The molecule has 3 N–H and O–H groups in total. The topological polar surface area (TPSA) is 84.0 Å². The Morgan fingerprint density at radius 3 is 2.59 bits per heavy atom. The number of unbranched alkanes of at least 4 members (excludes halogenated alkanes) is 1. The minimum Gasteiger partial charge on any atom is -0.382 e. The Labute approximate surface area is 179 Å². The van der Waals surface area contributed by atoms with Crippen molar-refractivity contribution in [2.24, 2.45) is 4.99 Å². The van der Waals surface area contributed by atoms with E-state index in [0.29, 0.717) is 18.8 Å². The van der Waals surface area contributed by atoms with E-state index in [-0.39, 0.29) is 29.9 Å². The number of carbonyl (C=O) groups excluding carboxylic acids is 1. The Kier molecular flexibility index (Phi) is 15.9. The van der Waals surface area contributed by atoms with Crippen molar-refractivity contribution in [3.8, 4) is 0 Å². The molecule has 0 heterocycles. The Bertz CT molecular complexity index is 556. The molecule has 27 heavy (non-hydrogen) atoms. The summed E-state index contributed by atoms with van der Waals surface area (Å²) < 4.78 is 10.4. The van der Waals surface area contributed by atoms with Gasteiger partial charge in [0.1, 0.15) is 0 Å². The van der Waals surface area contributed by atoms with E-state index in [4.69, 9.17) is 9.47 Å². The van der Waals surface area contributed by atoms with Gasteiger partial charge in [-0.1, -0.05) is 12.1 Å². The largest absolute Gasteiger partial charge is 0.382 e. The fourth-order valence-electron chi connectivity index (χ4n) is 2.34. The summed E-state index contributed by atoms with van der Waals surface area (Å²) in [5.41, 5.74) is 1.79. The van der Waals surface area contributed by atoms with Gasteiger partial charge < -0.3 is 25.4 Å². The highest BCUT2D eigenvalue weighted by atomic mass is 127. The number of amides is 1. The maximum absolute atomic E-state index is 11.7. The van der Waals surface area contributed by atoms with Gasteiger partial charge in [0.25, 0.3) is 5.91 Å². The van der Waals surface area contributed by atoms with Crippen molar-refractivity contribution in [3.63, 3.8) is 0 Å². The number of aliphatic imine (C=N–C) groups is 1. The van der Waals surface area contributed by atoms with Crippen LogP contribution in [0.25, 0.3) is 0 Å². The molecule has 1 amide bonds. The van der Waals surface area contributed by atoms with Crippen molar-refractivity contribution >= 4 is 35.8 Å². The number of guanidine groups is 1. The second kappa shape index (κ2) is 16.8. The number of rotatable bonds is 12. The van der Waals surface area contributed by atoms with Gasteiger partial charge in [-0.15, -0.1) is 24.0 Å². The summed E-state index contributed by atoms with van der Waals surface area (Å²) in [6, 6.07) is 7.66. The Balaban J connectivity index is 0.00000676. The Hall–Kier alpha value is -1.39. The van der Waals surface area contributed by atoms with Gasteiger partial charge in [0.2, 0.25) is 0 Å². The minimum absolute atomic E-state index is 0. The number of hydrogen-bond donors (Lipinski definition) is 3. The second-order valence-electron chi connectivity index (χ2n) is 5.77. The van der Waals surface area contributed by atoms with E-state index in [1.165, 1.54) is 0 Å². The van der Waals surface area contributed by atoms with E-state index in [9.17, 15) is 4.79 Å². The molecule has 0 saturated carbocycles. The summed E-state index contributed by atoms with van der Waals surface area (Å²) in [7, 11) is 5.07. The van der Waals surface area contributed by atoms with Gasteiger partial charge in [0.05, 0.1) is 13.2 Å². The summed E-state index contributed by atoms with van der Waals surface area (Å²) in [6.07, 6.45) is 2.83. The lowest BCUT2D eigenvalue weighted by atomic mass is 10.1. The fraction of sp³-hybridized carbons (Fsp3) is 0.579. The first-order valence-corrected chi connectivity index (χ1v) is 9.03. The number of benzene rings is 1. The first-order valence-electron chi connectivity index (χ1n) is 9.03. The lowest BCUT2D eigenvalue weighted by molar-refractivity contribution is 0.0689. The normalized spacial score (nSPS) is 10.9. The maximum atomic E-state index is 11.7. The van der Waals surface area contributed by atoms with Gasteiger partial charge in [-0.2, -0.15) is 0 Å². The van der Waals surface area contributed by atoms with Crippen molar-refractivity contribution in [1.82, 2.24) is 16.0 Å². The van der Waals surface area contributed by atoms with Crippen LogP contribution < -0.4 is 16.0 Å². The SMILES string of the molecule is CN=C(NCCCCOCCOC)NCCc1cccc(C(=O)NC)c1.I. The Morgan fingerprint density at radius 1 is 1.11 bits per heavy atom. The predicted molar refractivity (Wildman–Crippen MR) is 120 cm³/mol. The zero-order valence-electron chi connectivity index (χ0n) is 16.5. The molecule has 0 aromatic heterocycles. The average Bonchev–Trinajstić information content (AvgIpc) is 2.68. The van der Waals surface area contributed by atoms with Crippen LogP contribution >= 0.6 is 24.0 Å².